The van der Waals surface area contributed by atoms with E-state index in [0.29, 0.717) is 34.9 Å². The fraction of sp³-hybridized carbons (Fsp3) is 0.318. The first kappa shape index (κ1) is 19.8. The minimum Gasteiger partial charge on any atom is -0.508 e. The first-order valence-corrected chi connectivity index (χ1v) is 9.25. The Morgan fingerprint density at radius 2 is 1.75 bits per heavy atom. The van der Waals surface area contributed by atoms with Crippen molar-refractivity contribution in [3.05, 3.63) is 52.8 Å². The molecule has 148 valence electrons. The number of carbonyl (C=O) groups is 1. The number of benzene rings is 2. The molecule has 0 unspecified atom stereocenters. The molecule has 0 radical (unpaired) electrons. The number of ether oxygens (including phenoxy) is 3. The number of rotatable bonds is 7. The van der Waals surface area contributed by atoms with Crippen LogP contribution in [0.5, 0.6) is 23.0 Å². The zero-order chi connectivity index (χ0) is 20.3. The molecule has 6 nitrogen and oxygen atoms in total. The zero-order valence-corrected chi connectivity index (χ0v) is 16.6. The highest BCUT2D eigenvalue weighted by atomic mass is 16.5. The fourth-order valence-electron chi connectivity index (χ4n) is 3.16. The summed E-state index contributed by atoms with van der Waals surface area (Å²) in [6.45, 7) is 6.68. The van der Waals surface area contributed by atoms with Gasteiger partial charge in [0.15, 0.2) is 17.3 Å². The van der Waals surface area contributed by atoms with Gasteiger partial charge < -0.3 is 19.3 Å². The van der Waals surface area contributed by atoms with E-state index in [-0.39, 0.29) is 17.3 Å². The van der Waals surface area contributed by atoms with Crippen LogP contribution in [0.4, 0.5) is 0 Å². The Morgan fingerprint density at radius 3 is 2.36 bits per heavy atom. The Morgan fingerprint density at radius 1 is 1.07 bits per heavy atom. The standard InChI is InChI=1S/C22H25NO5/c1-5-23(6-2)13-15-8-7-14(9-17(15)24)10-21-22(25)16-11-19(26-3)20(27-4)12-18(16)28-21/h7-12,24H,5-6,13H2,1-4H3/b21-10-. The molecule has 0 saturated heterocycles. The second kappa shape index (κ2) is 8.35. The summed E-state index contributed by atoms with van der Waals surface area (Å²) in [6, 6.07) is 8.64. The van der Waals surface area contributed by atoms with Crippen molar-refractivity contribution in [2.75, 3.05) is 27.3 Å². The molecule has 0 aliphatic carbocycles. The van der Waals surface area contributed by atoms with Gasteiger partial charge in [-0.1, -0.05) is 26.0 Å². The van der Waals surface area contributed by atoms with Gasteiger partial charge in [0.05, 0.1) is 19.8 Å². The minimum absolute atomic E-state index is 0.196. The Kier molecular flexibility index (Phi) is 5.90. The number of methoxy groups -OCH3 is 2. The van der Waals surface area contributed by atoms with E-state index in [2.05, 4.69) is 18.7 Å². The summed E-state index contributed by atoms with van der Waals surface area (Å²) in [7, 11) is 3.05. The minimum atomic E-state index is -0.234. The van der Waals surface area contributed by atoms with Gasteiger partial charge in [0.1, 0.15) is 11.5 Å². The van der Waals surface area contributed by atoms with E-state index in [0.717, 1.165) is 18.7 Å². The van der Waals surface area contributed by atoms with Crippen molar-refractivity contribution < 1.29 is 24.1 Å². The lowest BCUT2D eigenvalue weighted by Gasteiger charge is -2.18. The molecule has 28 heavy (non-hydrogen) atoms. The number of allylic oxidation sites excluding steroid dienone is 1. The zero-order valence-electron chi connectivity index (χ0n) is 16.6. The molecule has 0 atom stereocenters. The van der Waals surface area contributed by atoms with Crippen LogP contribution in [-0.2, 0) is 6.54 Å². The molecule has 0 saturated carbocycles. The van der Waals surface area contributed by atoms with E-state index >= 15 is 0 Å². The molecule has 2 aromatic rings. The number of hydrogen-bond acceptors (Lipinski definition) is 6. The van der Waals surface area contributed by atoms with Crippen LogP contribution in [-0.4, -0.2) is 43.1 Å². The predicted octanol–water partition coefficient (Wildman–Crippen LogP) is 3.87. The molecular formula is C22H25NO5. The number of Topliss-reactive ketones (excluding diaryl/α,β-unsaturated/α-hetero) is 1. The number of nitrogens with zero attached hydrogens (tertiary/aromatic N) is 1. The third-order valence-electron chi connectivity index (χ3n) is 4.87. The first-order chi connectivity index (χ1) is 13.5. The lowest BCUT2D eigenvalue weighted by atomic mass is 10.1. The van der Waals surface area contributed by atoms with Gasteiger partial charge in [-0.25, -0.2) is 0 Å². The van der Waals surface area contributed by atoms with E-state index in [1.54, 1.807) is 24.3 Å². The number of fused-ring (bicyclic) bond motifs is 1. The maximum Gasteiger partial charge on any atom is 0.232 e. The van der Waals surface area contributed by atoms with Gasteiger partial charge in [-0.2, -0.15) is 0 Å². The molecular weight excluding hydrogens is 358 g/mol. The van der Waals surface area contributed by atoms with Gasteiger partial charge >= 0.3 is 0 Å². The van der Waals surface area contributed by atoms with Crippen molar-refractivity contribution in [3.8, 4) is 23.0 Å². The molecule has 1 aliphatic rings. The molecule has 1 N–H and O–H groups in total. The number of phenolic OH excluding ortho intramolecular Hbond substituents is 1. The third-order valence-corrected chi connectivity index (χ3v) is 4.87. The average molecular weight is 383 g/mol. The van der Waals surface area contributed by atoms with Gasteiger partial charge in [0.25, 0.3) is 0 Å². The second-order valence-electron chi connectivity index (χ2n) is 6.49. The molecule has 3 rings (SSSR count). The number of ketones is 1. The lowest BCUT2D eigenvalue weighted by Crippen LogP contribution is -2.22. The van der Waals surface area contributed by atoms with Crippen LogP contribution in [0.2, 0.25) is 0 Å². The van der Waals surface area contributed by atoms with Crippen molar-refractivity contribution >= 4 is 11.9 Å². The van der Waals surface area contributed by atoms with Gasteiger partial charge in [0, 0.05) is 18.2 Å². The smallest absolute Gasteiger partial charge is 0.232 e. The summed E-state index contributed by atoms with van der Waals surface area (Å²) in [5.74, 6) is 1.55. The van der Waals surface area contributed by atoms with Crippen LogP contribution in [0.25, 0.3) is 6.08 Å². The Labute approximate surface area is 164 Å². The topological polar surface area (TPSA) is 68.2 Å². The van der Waals surface area contributed by atoms with Crippen LogP contribution in [0.1, 0.15) is 35.3 Å². The molecule has 0 spiro atoms. The monoisotopic (exact) mass is 383 g/mol. The molecule has 6 heteroatoms. The Hall–Kier alpha value is -2.99. The summed E-state index contributed by atoms with van der Waals surface area (Å²) >= 11 is 0. The molecule has 0 aromatic heterocycles. The normalized spacial score (nSPS) is 14.3. The average Bonchev–Trinajstić information content (AvgIpc) is 3.01. The van der Waals surface area contributed by atoms with E-state index in [1.165, 1.54) is 14.2 Å². The van der Waals surface area contributed by atoms with Crippen LogP contribution in [0, 0.1) is 0 Å². The van der Waals surface area contributed by atoms with Gasteiger partial charge in [-0.05, 0) is 36.9 Å². The van der Waals surface area contributed by atoms with Crippen molar-refractivity contribution in [1.29, 1.82) is 0 Å². The fourth-order valence-corrected chi connectivity index (χ4v) is 3.16. The summed E-state index contributed by atoms with van der Waals surface area (Å²) < 4.78 is 16.2. The molecule has 0 fully saturated rings. The highest BCUT2D eigenvalue weighted by molar-refractivity contribution is 6.14. The van der Waals surface area contributed by atoms with Crippen molar-refractivity contribution in [3.63, 3.8) is 0 Å². The van der Waals surface area contributed by atoms with Crippen molar-refractivity contribution in [2.24, 2.45) is 0 Å². The quantitative estimate of drug-likeness (QED) is 0.732. The van der Waals surface area contributed by atoms with E-state index in [9.17, 15) is 9.90 Å². The van der Waals surface area contributed by atoms with Crippen LogP contribution in [0.3, 0.4) is 0 Å². The number of carbonyl (C=O) groups excluding carboxylic acids is 1. The maximum atomic E-state index is 12.7. The number of phenols is 1. The number of hydrogen-bond donors (Lipinski definition) is 1. The Balaban J connectivity index is 1.86. The molecule has 0 amide bonds. The van der Waals surface area contributed by atoms with Gasteiger partial charge in [-0.3, -0.25) is 9.69 Å². The SMILES string of the molecule is CCN(CC)Cc1ccc(/C=C2\Oc3cc(OC)c(OC)cc3C2=O)cc1O. The second-order valence-corrected chi connectivity index (χ2v) is 6.49. The highest BCUT2D eigenvalue weighted by Gasteiger charge is 2.29. The first-order valence-electron chi connectivity index (χ1n) is 9.25. The van der Waals surface area contributed by atoms with Crippen LogP contribution < -0.4 is 14.2 Å². The van der Waals surface area contributed by atoms with E-state index < -0.39 is 0 Å². The van der Waals surface area contributed by atoms with E-state index in [1.807, 2.05) is 12.1 Å². The van der Waals surface area contributed by atoms with Gasteiger partial charge in [0.2, 0.25) is 5.78 Å². The summed E-state index contributed by atoms with van der Waals surface area (Å²) in [4.78, 5) is 14.9. The maximum absolute atomic E-state index is 12.7. The van der Waals surface area contributed by atoms with Crippen LogP contribution in [0.15, 0.2) is 36.1 Å². The van der Waals surface area contributed by atoms with Gasteiger partial charge in [-0.15, -0.1) is 0 Å². The van der Waals surface area contributed by atoms with Crippen LogP contribution >= 0.6 is 0 Å². The lowest BCUT2D eigenvalue weighted by molar-refractivity contribution is 0.101. The predicted molar refractivity (Wildman–Crippen MR) is 107 cm³/mol. The summed E-state index contributed by atoms with van der Waals surface area (Å²) in [6.07, 6.45) is 1.63. The Bertz CT molecular complexity index is 915. The largest absolute Gasteiger partial charge is 0.508 e. The van der Waals surface area contributed by atoms with E-state index in [4.69, 9.17) is 14.2 Å². The third kappa shape index (κ3) is 3.82. The highest BCUT2D eigenvalue weighted by Crippen LogP contribution is 2.40. The summed E-state index contributed by atoms with van der Waals surface area (Å²) in [5, 5.41) is 10.4. The molecule has 1 aliphatic heterocycles. The summed E-state index contributed by atoms with van der Waals surface area (Å²) in [5.41, 5.74) is 1.96. The number of aromatic hydroxyl groups is 1. The van der Waals surface area contributed by atoms with Crippen molar-refractivity contribution in [2.45, 2.75) is 20.4 Å². The van der Waals surface area contributed by atoms with Crippen molar-refractivity contribution in [1.82, 2.24) is 4.90 Å². The molecule has 0 bridgehead atoms. The molecule has 2 aromatic carbocycles. The molecule has 1 heterocycles.